The van der Waals surface area contributed by atoms with Gasteiger partial charge in [-0.15, -0.1) is 10.2 Å². The van der Waals surface area contributed by atoms with Crippen molar-refractivity contribution in [2.24, 2.45) is 0 Å². The van der Waals surface area contributed by atoms with Gasteiger partial charge >= 0.3 is 0 Å². The first kappa shape index (κ1) is 15.9. The second kappa shape index (κ2) is 6.36. The Bertz CT molecular complexity index is 804. The summed E-state index contributed by atoms with van der Waals surface area (Å²) >= 11 is 0. The minimum Gasteiger partial charge on any atom is -0.486 e. The van der Waals surface area contributed by atoms with Crippen molar-refractivity contribution in [3.05, 3.63) is 35.4 Å². The molecule has 4 rings (SSSR count). The molecule has 0 saturated heterocycles. The summed E-state index contributed by atoms with van der Waals surface area (Å²) in [5, 5.41) is 8.43. The molecule has 2 aliphatic rings. The smallest absolute Gasteiger partial charge is 0.258 e. The highest BCUT2D eigenvalue weighted by atomic mass is 16.6. The van der Waals surface area contributed by atoms with Crippen molar-refractivity contribution in [1.82, 2.24) is 19.7 Å². The number of carbonyl (C=O) groups excluding carboxylic acids is 1. The highest BCUT2D eigenvalue weighted by Crippen LogP contribution is 2.36. The lowest BCUT2D eigenvalue weighted by atomic mass is 10.1. The molecule has 1 aromatic carbocycles. The molecule has 0 bridgehead atoms. The van der Waals surface area contributed by atoms with E-state index in [1.807, 2.05) is 23.6 Å². The van der Waals surface area contributed by atoms with E-state index in [4.69, 9.17) is 14.2 Å². The first-order valence-electron chi connectivity index (χ1n) is 8.31. The molecule has 0 radical (unpaired) electrons. The first-order valence-corrected chi connectivity index (χ1v) is 8.31. The zero-order valence-electron chi connectivity index (χ0n) is 14.3. The van der Waals surface area contributed by atoms with Crippen LogP contribution in [0.5, 0.6) is 11.5 Å². The minimum atomic E-state index is -0.181. The summed E-state index contributed by atoms with van der Waals surface area (Å²) in [6.45, 7) is 4.53. The maximum absolute atomic E-state index is 13.1. The molecule has 8 heteroatoms. The van der Waals surface area contributed by atoms with Crippen molar-refractivity contribution in [3.8, 4) is 11.5 Å². The first-order chi connectivity index (χ1) is 12.2. The van der Waals surface area contributed by atoms with Gasteiger partial charge in [0.15, 0.2) is 23.1 Å². The van der Waals surface area contributed by atoms with Crippen LogP contribution in [-0.2, 0) is 17.9 Å². The Balaban J connectivity index is 1.63. The van der Waals surface area contributed by atoms with Gasteiger partial charge in [-0.1, -0.05) is 6.07 Å². The molecule has 8 nitrogen and oxygen atoms in total. The monoisotopic (exact) mass is 344 g/mol. The molecule has 0 aliphatic carbocycles. The SMILES string of the molecule is COCc1nnc2n1CCN(C(=O)c1cccc3c1OCCO3)C2C. The van der Waals surface area contributed by atoms with Gasteiger partial charge in [-0.05, 0) is 19.1 Å². The molecule has 2 aliphatic heterocycles. The van der Waals surface area contributed by atoms with Crippen LogP contribution in [0.2, 0.25) is 0 Å². The zero-order chi connectivity index (χ0) is 17.4. The molecule has 1 unspecified atom stereocenters. The highest BCUT2D eigenvalue weighted by Gasteiger charge is 2.33. The van der Waals surface area contributed by atoms with Gasteiger partial charge in [-0.2, -0.15) is 0 Å². The van der Waals surface area contributed by atoms with Gasteiger partial charge in [0.25, 0.3) is 5.91 Å². The third-order valence-corrected chi connectivity index (χ3v) is 4.59. The number of carbonyl (C=O) groups is 1. The summed E-state index contributed by atoms with van der Waals surface area (Å²) < 4.78 is 18.4. The molecule has 1 atom stereocenters. The summed E-state index contributed by atoms with van der Waals surface area (Å²) in [5.74, 6) is 2.61. The largest absolute Gasteiger partial charge is 0.486 e. The Morgan fingerprint density at radius 2 is 2.12 bits per heavy atom. The van der Waals surface area contributed by atoms with Gasteiger partial charge in [0, 0.05) is 20.2 Å². The topological polar surface area (TPSA) is 78.7 Å². The number of benzene rings is 1. The molecule has 1 aromatic heterocycles. The standard InChI is InChI=1S/C17H20N4O4/c1-11-16-19-18-14(10-23-2)21(16)7-6-20(11)17(22)12-4-3-5-13-15(12)25-9-8-24-13/h3-5,11H,6-10H2,1-2H3. The van der Waals surface area contributed by atoms with Crippen LogP contribution in [-0.4, -0.2) is 52.4 Å². The van der Waals surface area contributed by atoms with E-state index in [9.17, 15) is 4.79 Å². The number of amides is 1. The van der Waals surface area contributed by atoms with E-state index in [2.05, 4.69) is 10.2 Å². The molecule has 0 saturated carbocycles. The van der Waals surface area contributed by atoms with Crippen LogP contribution in [0.1, 0.15) is 35.0 Å². The molecular formula is C17H20N4O4. The summed E-state index contributed by atoms with van der Waals surface area (Å²) in [6.07, 6.45) is 0. The maximum Gasteiger partial charge on any atom is 0.258 e. The maximum atomic E-state index is 13.1. The average molecular weight is 344 g/mol. The van der Waals surface area contributed by atoms with E-state index < -0.39 is 0 Å². The van der Waals surface area contributed by atoms with Gasteiger partial charge in [0.2, 0.25) is 0 Å². The second-order valence-electron chi connectivity index (χ2n) is 6.06. The lowest BCUT2D eigenvalue weighted by Gasteiger charge is -2.34. The number of aromatic nitrogens is 3. The van der Waals surface area contributed by atoms with Gasteiger partial charge in [-0.3, -0.25) is 4.79 Å². The van der Waals surface area contributed by atoms with Crippen LogP contribution in [0.25, 0.3) is 0 Å². The molecule has 25 heavy (non-hydrogen) atoms. The second-order valence-corrected chi connectivity index (χ2v) is 6.06. The molecule has 2 aromatic rings. The van der Waals surface area contributed by atoms with Crippen molar-refractivity contribution in [2.45, 2.75) is 26.1 Å². The fourth-order valence-electron chi connectivity index (χ4n) is 3.35. The van der Waals surface area contributed by atoms with E-state index in [-0.39, 0.29) is 11.9 Å². The van der Waals surface area contributed by atoms with Crippen molar-refractivity contribution in [3.63, 3.8) is 0 Å². The van der Waals surface area contributed by atoms with Crippen molar-refractivity contribution in [2.75, 3.05) is 26.9 Å². The van der Waals surface area contributed by atoms with E-state index in [1.54, 1.807) is 18.1 Å². The quantitative estimate of drug-likeness (QED) is 0.838. The molecule has 1 amide bonds. The molecule has 0 spiro atoms. The number of hydrogen-bond donors (Lipinski definition) is 0. The Morgan fingerprint density at radius 1 is 1.28 bits per heavy atom. The Labute approximate surface area is 145 Å². The predicted molar refractivity (Wildman–Crippen MR) is 87.6 cm³/mol. The van der Waals surface area contributed by atoms with Gasteiger partial charge in [-0.25, -0.2) is 0 Å². The molecule has 132 valence electrons. The average Bonchev–Trinajstić information content (AvgIpc) is 3.05. The Hall–Kier alpha value is -2.61. The van der Waals surface area contributed by atoms with Crippen molar-refractivity contribution >= 4 is 5.91 Å². The third-order valence-electron chi connectivity index (χ3n) is 4.59. The number of rotatable bonds is 3. The lowest BCUT2D eigenvalue weighted by Crippen LogP contribution is -2.41. The number of hydrogen-bond acceptors (Lipinski definition) is 6. The number of ether oxygens (including phenoxy) is 3. The molecular weight excluding hydrogens is 324 g/mol. The summed E-state index contributed by atoms with van der Waals surface area (Å²) in [5.41, 5.74) is 0.522. The van der Waals surface area contributed by atoms with E-state index in [1.165, 1.54) is 0 Å². The van der Waals surface area contributed by atoms with Crippen LogP contribution in [0.15, 0.2) is 18.2 Å². The van der Waals surface area contributed by atoms with Gasteiger partial charge in [0.05, 0.1) is 11.6 Å². The fourth-order valence-corrected chi connectivity index (χ4v) is 3.35. The van der Waals surface area contributed by atoms with Crippen LogP contribution < -0.4 is 9.47 Å². The fraction of sp³-hybridized carbons (Fsp3) is 0.471. The highest BCUT2D eigenvalue weighted by molar-refractivity contribution is 5.98. The molecule has 0 N–H and O–H groups in total. The summed E-state index contributed by atoms with van der Waals surface area (Å²) in [4.78, 5) is 14.9. The lowest BCUT2D eigenvalue weighted by molar-refractivity contribution is 0.0623. The van der Waals surface area contributed by atoms with Crippen LogP contribution in [0.4, 0.5) is 0 Å². The van der Waals surface area contributed by atoms with E-state index in [0.29, 0.717) is 50.0 Å². The number of nitrogens with zero attached hydrogens (tertiary/aromatic N) is 4. The van der Waals surface area contributed by atoms with Crippen molar-refractivity contribution in [1.29, 1.82) is 0 Å². The number of fused-ring (bicyclic) bond motifs is 2. The zero-order valence-corrected chi connectivity index (χ0v) is 14.3. The Morgan fingerprint density at radius 3 is 2.96 bits per heavy atom. The molecule has 3 heterocycles. The summed E-state index contributed by atoms with van der Waals surface area (Å²) in [7, 11) is 1.63. The van der Waals surface area contributed by atoms with Crippen LogP contribution in [0, 0.1) is 0 Å². The van der Waals surface area contributed by atoms with E-state index in [0.717, 1.165) is 11.6 Å². The summed E-state index contributed by atoms with van der Waals surface area (Å²) in [6, 6.07) is 5.23. The van der Waals surface area contributed by atoms with Gasteiger partial charge < -0.3 is 23.7 Å². The minimum absolute atomic E-state index is 0.0857. The van der Waals surface area contributed by atoms with E-state index >= 15 is 0 Å². The third kappa shape index (κ3) is 2.62. The van der Waals surface area contributed by atoms with Crippen LogP contribution in [0.3, 0.4) is 0 Å². The molecule has 0 fully saturated rings. The van der Waals surface area contributed by atoms with Crippen molar-refractivity contribution < 1.29 is 19.0 Å². The van der Waals surface area contributed by atoms with Crippen LogP contribution >= 0.6 is 0 Å². The Kier molecular flexibility index (Phi) is 4.04. The normalized spacial score (nSPS) is 18.8. The number of methoxy groups -OCH3 is 1. The number of para-hydroxylation sites is 1. The van der Waals surface area contributed by atoms with Gasteiger partial charge in [0.1, 0.15) is 19.8 Å². The predicted octanol–water partition coefficient (Wildman–Crippen LogP) is 1.41.